The molecule has 1 unspecified atom stereocenters. The molecule has 1 fully saturated rings. The Morgan fingerprint density at radius 3 is 2.85 bits per heavy atom. The van der Waals surface area contributed by atoms with Crippen molar-refractivity contribution >= 4 is 17.7 Å². The molecule has 3 rings (SSSR count). The first-order valence-corrected chi connectivity index (χ1v) is 8.24. The van der Waals surface area contributed by atoms with E-state index in [4.69, 9.17) is 10.5 Å². The summed E-state index contributed by atoms with van der Waals surface area (Å²) in [7, 11) is 1.42. The number of methoxy groups -OCH3 is 1. The maximum Gasteiger partial charge on any atom is 0.327 e. The van der Waals surface area contributed by atoms with E-state index in [1.54, 1.807) is 11.8 Å². The zero-order valence-electron chi connectivity index (χ0n) is 11.9. The van der Waals surface area contributed by atoms with E-state index in [9.17, 15) is 4.79 Å². The quantitative estimate of drug-likeness (QED) is 0.669. The molecular formula is C16H21NO2S. The number of fused-ring (bicyclic) bond motifs is 1. The molecule has 1 atom stereocenters. The van der Waals surface area contributed by atoms with Gasteiger partial charge in [-0.25, -0.2) is 0 Å². The summed E-state index contributed by atoms with van der Waals surface area (Å²) in [6.45, 7) is 0. The Balaban J connectivity index is 1.70. The monoisotopic (exact) mass is 291 g/mol. The van der Waals surface area contributed by atoms with Gasteiger partial charge in [0.2, 0.25) is 0 Å². The number of nitrogens with two attached hydrogens (primary N) is 1. The molecule has 3 nitrogen and oxygen atoms in total. The predicted octanol–water partition coefficient (Wildman–Crippen LogP) is 2.55. The highest BCUT2D eigenvalue weighted by Gasteiger charge is 2.48. The minimum Gasteiger partial charge on any atom is -0.468 e. The third kappa shape index (κ3) is 2.59. The summed E-state index contributed by atoms with van der Waals surface area (Å²) in [4.78, 5) is 13.2. The number of aryl methyl sites for hydroxylation is 2. The summed E-state index contributed by atoms with van der Waals surface area (Å²) >= 11 is 1.68. The molecule has 1 saturated carbocycles. The Labute approximate surface area is 124 Å². The van der Waals surface area contributed by atoms with E-state index >= 15 is 0 Å². The molecule has 1 aromatic carbocycles. The molecule has 20 heavy (non-hydrogen) atoms. The molecule has 0 saturated heterocycles. The van der Waals surface area contributed by atoms with Crippen LogP contribution in [0.25, 0.3) is 0 Å². The summed E-state index contributed by atoms with van der Waals surface area (Å²) in [6, 6.07) is 6.63. The van der Waals surface area contributed by atoms with Gasteiger partial charge in [0.05, 0.1) is 7.11 Å². The van der Waals surface area contributed by atoms with E-state index in [1.165, 1.54) is 42.4 Å². The van der Waals surface area contributed by atoms with Crippen molar-refractivity contribution in [2.45, 2.75) is 42.5 Å². The number of rotatable bonds is 5. The Kier molecular flexibility index (Phi) is 3.78. The second-order valence-electron chi connectivity index (χ2n) is 5.88. The molecule has 4 heteroatoms. The normalized spacial score (nSPS) is 20.3. The van der Waals surface area contributed by atoms with Gasteiger partial charge in [-0.05, 0) is 61.3 Å². The minimum atomic E-state index is -0.821. The number of thioether (sulfide) groups is 1. The fraction of sp³-hybridized carbons (Fsp3) is 0.562. The first-order valence-electron chi connectivity index (χ1n) is 7.25. The number of hydrogen-bond donors (Lipinski definition) is 1. The van der Waals surface area contributed by atoms with Gasteiger partial charge in [-0.15, -0.1) is 11.8 Å². The van der Waals surface area contributed by atoms with E-state index < -0.39 is 5.54 Å². The van der Waals surface area contributed by atoms with Crippen LogP contribution in [0.15, 0.2) is 23.1 Å². The Morgan fingerprint density at radius 1 is 1.40 bits per heavy atom. The van der Waals surface area contributed by atoms with Crippen LogP contribution in [0.1, 0.15) is 30.4 Å². The van der Waals surface area contributed by atoms with Gasteiger partial charge < -0.3 is 10.5 Å². The summed E-state index contributed by atoms with van der Waals surface area (Å²) < 4.78 is 4.90. The van der Waals surface area contributed by atoms with E-state index in [-0.39, 0.29) is 11.9 Å². The molecule has 0 radical (unpaired) electrons. The lowest BCUT2D eigenvalue weighted by molar-refractivity contribution is -0.146. The fourth-order valence-electron chi connectivity index (χ4n) is 2.97. The Morgan fingerprint density at radius 2 is 2.15 bits per heavy atom. The van der Waals surface area contributed by atoms with Crippen LogP contribution in [0.3, 0.4) is 0 Å². The van der Waals surface area contributed by atoms with Crippen LogP contribution in [0.5, 0.6) is 0 Å². The van der Waals surface area contributed by atoms with E-state index in [1.807, 2.05) is 0 Å². The van der Waals surface area contributed by atoms with Gasteiger partial charge >= 0.3 is 5.97 Å². The number of esters is 1. The van der Waals surface area contributed by atoms with E-state index in [0.717, 1.165) is 12.8 Å². The molecule has 108 valence electrons. The molecule has 2 aliphatic carbocycles. The van der Waals surface area contributed by atoms with Crippen LogP contribution in [0.4, 0.5) is 0 Å². The highest BCUT2D eigenvalue weighted by Crippen LogP contribution is 2.41. The number of benzene rings is 1. The molecule has 0 amide bonds. The smallest absolute Gasteiger partial charge is 0.327 e. The van der Waals surface area contributed by atoms with Gasteiger partial charge in [-0.3, -0.25) is 4.79 Å². The van der Waals surface area contributed by atoms with Crippen LogP contribution in [-0.4, -0.2) is 24.4 Å². The minimum absolute atomic E-state index is 0.270. The lowest BCUT2D eigenvalue weighted by Crippen LogP contribution is -2.53. The summed E-state index contributed by atoms with van der Waals surface area (Å²) in [6.07, 6.45) is 5.71. The van der Waals surface area contributed by atoms with Gasteiger partial charge in [-0.2, -0.15) is 0 Å². The molecule has 0 bridgehead atoms. The second-order valence-corrected chi connectivity index (χ2v) is 6.93. The average molecular weight is 291 g/mol. The fourth-order valence-corrected chi connectivity index (χ4v) is 4.12. The molecule has 1 aromatic rings. The van der Waals surface area contributed by atoms with Crippen LogP contribution < -0.4 is 5.73 Å². The van der Waals surface area contributed by atoms with E-state index in [2.05, 4.69) is 18.2 Å². The number of hydrogen-bond acceptors (Lipinski definition) is 4. The number of carbonyl (C=O) groups excluding carboxylic acids is 1. The second kappa shape index (κ2) is 5.41. The van der Waals surface area contributed by atoms with Gasteiger partial charge in [0, 0.05) is 10.6 Å². The topological polar surface area (TPSA) is 52.3 Å². The van der Waals surface area contributed by atoms with Gasteiger partial charge in [0.25, 0.3) is 0 Å². The van der Waals surface area contributed by atoms with E-state index in [0.29, 0.717) is 5.75 Å². The third-order valence-corrected chi connectivity index (χ3v) is 5.63. The maximum atomic E-state index is 12.0. The molecule has 0 heterocycles. The predicted molar refractivity (Wildman–Crippen MR) is 80.8 cm³/mol. The lowest BCUT2D eigenvalue weighted by atomic mass is 9.97. The zero-order valence-corrected chi connectivity index (χ0v) is 12.7. The number of ether oxygens (including phenoxy) is 1. The molecule has 0 aromatic heterocycles. The van der Waals surface area contributed by atoms with Crippen molar-refractivity contribution in [3.8, 4) is 0 Å². The zero-order chi connectivity index (χ0) is 14.2. The van der Waals surface area contributed by atoms with Gasteiger partial charge in [0.1, 0.15) is 5.54 Å². The van der Waals surface area contributed by atoms with Crippen molar-refractivity contribution < 1.29 is 9.53 Å². The molecule has 2 N–H and O–H groups in total. The molecule has 0 aliphatic heterocycles. The largest absolute Gasteiger partial charge is 0.468 e. The van der Waals surface area contributed by atoms with Crippen molar-refractivity contribution in [1.82, 2.24) is 0 Å². The van der Waals surface area contributed by atoms with Crippen molar-refractivity contribution in [3.05, 3.63) is 29.3 Å². The molecule has 0 spiro atoms. The summed E-state index contributed by atoms with van der Waals surface area (Å²) in [5.74, 6) is 0.619. The SMILES string of the molecule is COC(=O)C(N)(CSc1ccc2c(c1)CCC2)C1CC1. The molecular weight excluding hydrogens is 270 g/mol. The highest BCUT2D eigenvalue weighted by atomic mass is 32.2. The molecule has 2 aliphatic rings. The van der Waals surface area contributed by atoms with Crippen LogP contribution in [0.2, 0.25) is 0 Å². The van der Waals surface area contributed by atoms with Crippen LogP contribution in [0, 0.1) is 5.92 Å². The third-order valence-electron chi connectivity index (χ3n) is 4.42. The van der Waals surface area contributed by atoms with Crippen LogP contribution >= 0.6 is 11.8 Å². The van der Waals surface area contributed by atoms with Crippen molar-refractivity contribution in [2.75, 3.05) is 12.9 Å². The highest BCUT2D eigenvalue weighted by molar-refractivity contribution is 7.99. The van der Waals surface area contributed by atoms with Gasteiger partial charge in [0.15, 0.2) is 0 Å². The lowest BCUT2D eigenvalue weighted by Gasteiger charge is -2.26. The Bertz CT molecular complexity index is 527. The van der Waals surface area contributed by atoms with Crippen molar-refractivity contribution in [2.24, 2.45) is 11.7 Å². The Hall–Kier alpha value is -1.00. The van der Waals surface area contributed by atoms with Crippen LogP contribution in [-0.2, 0) is 22.4 Å². The first kappa shape index (κ1) is 14.0. The summed E-state index contributed by atoms with van der Waals surface area (Å²) in [5.41, 5.74) is 8.44. The standard InChI is InChI=1S/C16H21NO2S/c1-19-15(18)16(17,13-6-7-13)10-20-14-8-5-11-3-2-4-12(11)9-14/h5,8-9,13H,2-4,6-7,10,17H2,1H3. The van der Waals surface area contributed by atoms with Gasteiger partial charge in [-0.1, -0.05) is 6.07 Å². The van der Waals surface area contributed by atoms with Crippen molar-refractivity contribution in [3.63, 3.8) is 0 Å². The maximum absolute atomic E-state index is 12.0. The van der Waals surface area contributed by atoms with Crippen molar-refractivity contribution in [1.29, 1.82) is 0 Å². The summed E-state index contributed by atoms with van der Waals surface area (Å²) in [5, 5.41) is 0. The first-order chi connectivity index (χ1) is 9.63. The average Bonchev–Trinajstić information content (AvgIpc) is 3.22. The number of carbonyl (C=O) groups is 1.